The Hall–Kier alpha value is -3.52. The Morgan fingerprint density at radius 1 is 0.892 bits per heavy atom. The minimum absolute atomic E-state index is 0. The van der Waals surface area contributed by atoms with Gasteiger partial charge >= 0.3 is 0 Å². The number of ether oxygens (including phenoxy) is 2. The van der Waals surface area contributed by atoms with Gasteiger partial charge in [-0.15, -0.1) is 0 Å². The molecule has 2 N–H and O–H groups in total. The molecule has 0 bridgehead atoms. The number of benzene rings is 3. The quantitative estimate of drug-likeness (QED) is 0.208. The van der Waals surface area contributed by atoms with Gasteiger partial charge < -0.3 is 36.8 Å². The zero-order valence-corrected chi connectivity index (χ0v) is 22.4. The summed E-state index contributed by atoms with van der Waals surface area (Å²) in [5.74, 6) is -0.359. The molecule has 0 aliphatic rings. The van der Waals surface area contributed by atoms with Crippen molar-refractivity contribution in [2.45, 2.75) is 13.1 Å². The monoisotopic (exact) mass is 559 g/mol. The Kier molecular flexibility index (Phi) is 8.71. The van der Waals surface area contributed by atoms with Gasteiger partial charge in [0.25, 0.3) is 5.91 Å². The second-order valence-electron chi connectivity index (χ2n) is 8.77. The molecule has 3 aromatic carbocycles. The lowest BCUT2D eigenvalue weighted by atomic mass is 10.1. The van der Waals surface area contributed by atoms with Crippen molar-refractivity contribution >= 4 is 50.8 Å². The third kappa shape index (κ3) is 5.74. The van der Waals surface area contributed by atoms with Crippen LogP contribution in [0.15, 0.2) is 79.0 Å². The number of halogens is 1. The third-order valence-electron chi connectivity index (χ3n) is 6.43. The van der Waals surface area contributed by atoms with Gasteiger partial charge in [-0.1, -0.05) is 48.6 Å². The van der Waals surface area contributed by atoms with Crippen LogP contribution in [0.2, 0.25) is 0 Å². The average molecular weight is 560 g/mol. The van der Waals surface area contributed by atoms with E-state index in [1.54, 1.807) is 7.11 Å². The van der Waals surface area contributed by atoms with Crippen molar-refractivity contribution < 1.29 is 35.8 Å². The molecule has 0 fully saturated rings. The van der Waals surface area contributed by atoms with Gasteiger partial charge in [0, 0.05) is 47.6 Å². The second kappa shape index (κ2) is 12.1. The number of para-hydroxylation sites is 2. The Morgan fingerprint density at radius 2 is 1.65 bits per heavy atom. The smallest absolute Gasteiger partial charge is 0.283 e. The summed E-state index contributed by atoms with van der Waals surface area (Å²) < 4.78 is 15.0. The van der Waals surface area contributed by atoms with Crippen molar-refractivity contribution in [3.63, 3.8) is 0 Å². The predicted molar refractivity (Wildman–Crippen MR) is 144 cm³/mol. The fourth-order valence-corrected chi connectivity index (χ4v) is 4.76. The van der Waals surface area contributed by atoms with Crippen molar-refractivity contribution in [1.82, 2.24) is 4.57 Å². The van der Waals surface area contributed by atoms with Crippen LogP contribution in [0, 0.1) is 0 Å². The average Bonchev–Trinajstić information content (AvgIpc) is 3.21. The molecule has 0 aliphatic carbocycles. The van der Waals surface area contributed by atoms with Crippen LogP contribution in [-0.2, 0) is 27.4 Å². The first-order valence-corrected chi connectivity index (χ1v) is 12.1. The molecule has 0 saturated carbocycles. The Bertz CT molecular complexity index is 1580. The summed E-state index contributed by atoms with van der Waals surface area (Å²) in [6.45, 7) is 2.77. The minimum atomic E-state index is -0.359. The largest absolute Gasteiger partial charge is 1.00 e. The molecule has 190 valence electrons. The first kappa shape index (κ1) is 26.5. The number of carbonyl (C=O) groups excluding carboxylic acids is 1. The summed E-state index contributed by atoms with van der Waals surface area (Å²) in [6, 6.07) is 25.2. The highest BCUT2D eigenvalue weighted by Gasteiger charge is 2.14. The van der Waals surface area contributed by atoms with Gasteiger partial charge in [-0.25, -0.2) is 0 Å². The molecule has 0 aliphatic heterocycles. The lowest BCUT2D eigenvalue weighted by Crippen LogP contribution is -3.00. The second-order valence-corrected chi connectivity index (χ2v) is 8.77. The third-order valence-corrected chi connectivity index (χ3v) is 6.43. The van der Waals surface area contributed by atoms with Gasteiger partial charge in [-0.2, -0.15) is 4.57 Å². The van der Waals surface area contributed by atoms with E-state index in [0.717, 1.165) is 28.6 Å². The van der Waals surface area contributed by atoms with Gasteiger partial charge in [0.15, 0.2) is 6.20 Å². The normalized spacial score (nSPS) is 11.5. The fourth-order valence-electron chi connectivity index (χ4n) is 4.76. The number of pyridine rings is 1. The summed E-state index contributed by atoms with van der Waals surface area (Å²) in [5.41, 5.74) is 11.0. The maximum Gasteiger partial charge on any atom is 0.283 e. The molecular weight excluding hydrogens is 530 g/mol. The highest BCUT2D eigenvalue weighted by molar-refractivity contribution is 6.08. The van der Waals surface area contributed by atoms with Crippen LogP contribution in [0.25, 0.3) is 44.9 Å². The number of fused-ring (bicyclic) bond motifs is 4. The van der Waals surface area contributed by atoms with Crippen LogP contribution in [0.4, 0.5) is 0 Å². The van der Waals surface area contributed by atoms with E-state index < -0.39 is 0 Å². The maximum absolute atomic E-state index is 11.5. The van der Waals surface area contributed by atoms with Gasteiger partial charge in [-0.3, -0.25) is 4.79 Å². The Labute approximate surface area is 226 Å². The number of methoxy groups -OCH3 is 1. The summed E-state index contributed by atoms with van der Waals surface area (Å²) in [7, 11) is 1.68. The van der Waals surface area contributed by atoms with Crippen LogP contribution in [0.1, 0.15) is 11.1 Å². The minimum Gasteiger partial charge on any atom is -1.00 e. The van der Waals surface area contributed by atoms with Gasteiger partial charge in [0.2, 0.25) is 12.1 Å². The van der Waals surface area contributed by atoms with E-state index >= 15 is 0 Å². The maximum atomic E-state index is 11.5. The predicted octanol–water partition coefficient (Wildman–Crippen LogP) is 1.56. The van der Waals surface area contributed by atoms with Crippen LogP contribution in [-0.4, -0.2) is 37.4 Å². The molecule has 5 rings (SSSR count). The van der Waals surface area contributed by atoms with Gasteiger partial charge in [0.1, 0.15) is 0 Å². The van der Waals surface area contributed by atoms with E-state index in [0.29, 0.717) is 19.8 Å². The molecular formula is C30H30BrN3O3. The van der Waals surface area contributed by atoms with Crippen molar-refractivity contribution in [3.8, 4) is 0 Å². The van der Waals surface area contributed by atoms with E-state index in [4.69, 9.17) is 15.2 Å². The number of nitrogens with two attached hydrogens (primary N) is 1. The number of hydrogen-bond acceptors (Lipinski definition) is 3. The molecule has 1 amide bonds. The lowest BCUT2D eigenvalue weighted by Gasteiger charge is -2.08. The molecule has 0 atom stereocenters. The molecule has 0 unspecified atom stereocenters. The van der Waals surface area contributed by atoms with E-state index in [9.17, 15) is 4.79 Å². The van der Waals surface area contributed by atoms with Crippen molar-refractivity contribution in [3.05, 3.63) is 90.1 Å². The number of hydrogen-bond donors (Lipinski definition) is 1. The molecule has 5 aromatic rings. The molecule has 2 aromatic heterocycles. The Morgan fingerprint density at radius 3 is 2.46 bits per heavy atom. The molecule has 0 spiro atoms. The number of aromatic nitrogens is 2. The molecule has 7 heteroatoms. The first-order valence-electron chi connectivity index (χ1n) is 12.1. The van der Waals surface area contributed by atoms with Crippen molar-refractivity contribution in [2.24, 2.45) is 5.73 Å². The van der Waals surface area contributed by atoms with E-state index in [2.05, 4.69) is 65.3 Å². The van der Waals surface area contributed by atoms with Crippen LogP contribution >= 0.6 is 0 Å². The highest BCUT2D eigenvalue weighted by Crippen LogP contribution is 2.30. The van der Waals surface area contributed by atoms with E-state index in [1.165, 1.54) is 21.8 Å². The van der Waals surface area contributed by atoms with Gasteiger partial charge in [0.05, 0.1) is 25.2 Å². The van der Waals surface area contributed by atoms with Crippen LogP contribution in [0.5, 0.6) is 0 Å². The summed E-state index contributed by atoms with van der Waals surface area (Å²) in [5, 5.41) is 3.53. The SMILES string of the molecule is COCCOCCn1c2ccccc2c2cc(/C=C/c3cc[n+](CC(N)=O)c4ccccc34)ccc21.[Br-]. The lowest BCUT2D eigenvalue weighted by molar-refractivity contribution is -0.658. The number of nitrogens with zero attached hydrogens (tertiary/aromatic N) is 2. The zero-order chi connectivity index (χ0) is 24.9. The number of primary amides is 1. The molecule has 6 nitrogen and oxygen atoms in total. The number of carbonyl (C=O) groups is 1. The Balaban J connectivity index is 0.00000320. The first-order chi connectivity index (χ1) is 17.7. The van der Waals surface area contributed by atoms with Crippen LogP contribution < -0.4 is 27.3 Å². The van der Waals surface area contributed by atoms with Crippen LogP contribution in [0.3, 0.4) is 0 Å². The standard InChI is InChI=1S/C30H29N3O3.BrH/c1-35-18-19-36-17-16-33-28-9-5-3-7-25(28)26-20-22(11-13-29(26)33)10-12-23-14-15-32(21-30(31)34)27-8-4-2-6-24(23)27;/h2-15,20H,16-19,21H2,1H3,(H-,31,34);1H. The fraction of sp³-hybridized carbons (Fsp3) is 0.200. The number of rotatable bonds is 10. The van der Waals surface area contributed by atoms with Crippen molar-refractivity contribution in [1.29, 1.82) is 0 Å². The van der Waals surface area contributed by atoms with E-state index in [-0.39, 0.29) is 29.4 Å². The van der Waals surface area contributed by atoms with E-state index in [1.807, 2.05) is 35.0 Å². The van der Waals surface area contributed by atoms with Crippen molar-refractivity contribution in [2.75, 3.05) is 26.9 Å². The highest BCUT2D eigenvalue weighted by atomic mass is 79.9. The zero-order valence-electron chi connectivity index (χ0n) is 20.8. The summed E-state index contributed by atoms with van der Waals surface area (Å²) in [6.07, 6.45) is 6.18. The summed E-state index contributed by atoms with van der Waals surface area (Å²) in [4.78, 5) is 11.5. The topological polar surface area (TPSA) is 70.4 Å². The molecule has 0 radical (unpaired) electrons. The molecule has 0 saturated heterocycles. The van der Waals surface area contributed by atoms with Gasteiger partial charge in [-0.05, 0) is 35.4 Å². The summed E-state index contributed by atoms with van der Waals surface area (Å²) >= 11 is 0. The molecule has 2 heterocycles. The molecule has 37 heavy (non-hydrogen) atoms. The number of amides is 1.